The summed E-state index contributed by atoms with van der Waals surface area (Å²) in [6, 6.07) is 13.5. The molecule has 2 aromatic carbocycles. The minimum absolute atomic E-state index is 0.142. The van der Waals surface area contributed by atoms with Gasteiger partial charge >= 0.3 is 11.6 Å². The Kier molecular flexibility index (Phi) is 5.41. The van der Waals surface area contributed by atoms with Crippen LogP contribution in [0.3, 0.4) is 0 Å². The lowest BCUT2D eigenvalue weighted by Gasteiger charge is -2.12. The minimum atomic E-state index is -1.08. The van der Waals surface area contributed by atoms with Gasteiger partial charge in [-0.15, -0.1) is 0 Å². The van der Waals surface area contributed by atoms with E-state index in [1.807, 2.05) is 55.5 Å². The smallest absolute Gasteiger partial charge is 0.340 e. The van der Waals surface area contributed by atoms with Crippen LogP contribution in [0.4, 0.5) is 0 Å². The number of benzene rings is 2. The van der Waals surface area contributed by atoms with Gasteiger partial charge in [-0.1, -0.05) is 36.4 Å². The van der Waals surface area contributed by atoms with Crippen molar-refractivity contribution in [1.82, 2.24) is 0 Å². The minimum Gasteiger partial charge on any atom is -0.489 e. The van der Waals surface area contributed by atoms with Crippen molar-refractivity contribution in [2.75, 3.05) is 6.61 Å². The topological polar surface area (TPSA) is 76.7 Å². The van der Waals surface area contributed by atoms with Gasteiger partial charge < -0.3 is 14.3 Å². The number of carboxylic acid groups (broad SMARTS) is 1. The van der Waals surface area contributed by atoms with Gasteiger partial charge in [0.05, 0.1) is 17.4 Å². The molecule has 0 spiro atoms. The van der Waals surface area contributed by atoms with Gasteiger partial charge in [-0.2, -0.15) is 0 Å². The fourth-order valence-corrected chi connectivity index (χ4v) is 2.99. The van der Waals surface area contributed by atoms with Gasteiger partial charge in [-0.3, -0.25) is 4.79 Å². The van der Waals surface area contributed by atoms with Gasteiger partial charge in [0.25, 0.3) is 0 Å². The number of rotatable bonds is 6. The first-order valence-corrected chi connectivity index (χ1v) is 8.59. The third kappa shape index (κ3) is 4.26. The summed E-state index contributed by atoms with van der Waals surface area (Å²) >= 11 is 0. The second-order valence-electron chi connectivity index (χ2n) is 6.32. The van der Waals surface area contributed by atoms with Gasteiger partial charge in [0, 0.05) is 0 Å². The van der Waals surface area contributed by atoms with Gasteiger partial charge in [-0.05, 0) is 48.7 Å². The Bertz CT molecular complexity index is 1060. The molecular weight excluding hydrogens is 344 g/mol. The van der Waals surface area contributed by atoms with Crippen LogP contribution in [0.5, 0.6) is 5.75 Å². The zero-order valence-corrected chi connectivity index (χ0v) is 15.2. The zero-order chi connectivity index (χ0) is 19.4. The number of fused-ring (bicyclic) bond motifs is 1. The summed E-state index contributed by atoms with van der Waals surface area (Å²) in [5.41, 5.74) is 2.45. The Morgan fingerprint density at radius 3 is 2.63 bits per heavy atom. The summed E-state index contributed by atoms with van der Waals surface area (Å²) in [6.45, 7) is 3.94. The van der Waals surface area contributed by atoms with Crippen molar-refractivity contribution >= 4 is 23.0 Å². The molecule has 0 bridgehead atoms. The molecule has 27 heavy (non-hydrogen) atoms. The Morgan fingerprint density at radius 1 is 1.19 bits per heavy atom. The number of aliphatic carboxylic acids is 1. The third-order valence-corrected chi connectivity index (χ3v) is 4.26. The molecule has 0 aliphatic carbocycles. The monoisotopic (exact) mass is 364 g/mol. The summed E-state index contributed by atoms with van der Waals surface area (Å²) in [4.78, 5) is 23.2. The number of carboxylic acids is 1. The predicted octanol–water partition coefficient (Wildman–Crippen LogP) is 4.13. The molecule has 0 radical (unpaired) electrons. The fraction of sp³-hybridized carbons (Fsp3) is 0.182. The van der Waals surface area contributed by atoms with Crippen LogP contribution in [0.1, 0.15) is 22.3 Å². The number of carbonyl (C=O) groups is 1. The lowest BCUT2D eigenvalue weighted by Crippen LogP contribution is -2.15. The number of ether oxygens (including phenoxy) is 1. The van der Waals surface area contributed by atoms with Crippen LogP contribution >= 0.6 is 0 Å². The highest BCUT2D eigenvalue weighted by molar-refractivity contribution is 5.89. The van der Waals surface area contributed by atoms with Crippen molar-refractivity contribution in [2.24, 2.45) is 0 Å². The Balaban J connectivity index is 1.95. The van der Waals surface area contributed by atoms with Crippen molar-refractivity contribution < 1.29 is 19.1 Å². The lowest BCUT2D eigenvalue weighted by atomic mass is 10.0. The fourth-order valence-electron chi connectivity index (χ4n) is 2.99. The standard InChI is InChI=1S/C22H20O5/c1-14-11-18(26-10-6-9-16-7-4-3-5-8-16)21-15(2)17(13-20(23)24)22(25)27-19(21)12-14/h3-9,11-12H,10,13H2,1-2H3,(H,23,24)/b9-6+. The summed E-state index contributed by atoms with van der Waals surface area (Å²) in [7, 11) is 0. The maximum Gasteiger partial charge on any atom is 0.340 e. The SMILES string of the molecule is Cc1cc(OC/C=C/c2ccccc2)c2c(C)c(CC(=O)O)c(=O)oc2c1. The number of hydrogen-bond acceptors (Lipinski definition) is 4. The van der Waals surface area contributed by atoms with Crippen LogP contribution in [0.25, 0.3) is 17.0 Å². The van der Waals surface area contributed by atoms with E-state index in [0.717, 1.165) is 11.1 Å². The van der Waals surface area contributed by atoms with E-state index in [1.54, 1.807) is 13.0 Å². The predicted molar refractivity (Wildman–Crippen MR) is 104 cm³/mol. The molecule has 138 valence electrons. The van der Waals surface area contributed by atoms with Crippen LogP contribution < -0.4 is 10.4 Å². The molecule has 5 heteroatoms. The Labute approximate surface area is 156 Å². The molecule has 0 saturated carbocycles. The maximum absolute atomic E-state index is 12.1. The quantitative estimate of drug-likeness (QED) is 0.666. The normalized spacial score (nSPS) is 11.2. The lowest BCUT2D eigenvalue weighted by molar-refractivity contribution is -0.136. The molecule has 1 N–H and O–H groups in total. The molecule has 5 nitrogen and oxygen atoms in total. The second-order valence-corrected chi connectivity index (χ2v) is 6.32. The zero-order valence-electron chi connectivity index (χ0n) is 15.2. The van der Waals surface area contributed by atoms with E-state index in [9.17, 15) is 9.59 Å². The summed E-state index contributed by atoms with van der Waals surface area (Å²) in [5, 5.41) is 9.69. The van der Waals surface area contributed by atoms with Crippen LogP contribution in [-0.4, -0.2) is 17.7 Å². The van der Waals surface area contributed by atoms with Crippen molar-refractivity contribution in [2.45, 2.75) is 20.3 Å². The van der Waals surface area contributed by atoms with Gasteiger partial charge in [0.2, 0.25) is 0 Å². The second kappa shape index (κ2) is 7.91. The van der Waals surface area contributed by atoms with Gasteiger partial charge in [-0.25, -0.2) is 4.79 Å². The van der Waals surface area contributed by atoms with Gasteiger partial charge in [0.1, 0.15) is 17.9 Å². The largest absolute Gasteiger partial charge is 0.489 e. The highest BCUT2D eigenvalue weighted by atomic mass is 16.5. The Hall–Kier alpha value is -3.34. The number of aryl methyl sites for hydroxylation is 2. The van der Waals surface area contributed by atoms with E-state index >= 15 is 0 Å². The van der Waals surface area contributed by atoms with Crippen LogP contribution in [0, 0.1) is 13.8 Å². The highest BCUT2D eigenvalue weighted by Crippen LogP contribution is 2.31. The summed E-state index contributed by atoms with van der Waals surface area (Å²) in [6.07, 6.45) is 3.47. The average Bonchev–Trinajstić information content (AvgIpc) is 2.62. The molecular formula is C22H20O5. The highest BCUT2D eigenvalue weighted by Gasteiger charge is 2.17. The van der Waals surface area contributed by atoms with Crippen molar-refractivity contribution in [1.29, 1.82) is 0 Å². The van der Waals surface area contributed by atoms with E-state index in [2.05, 4.69) is 0 Å². The van der Waals surface area contributed by atoms with E-state index < -0.39 is 11.6 Å². The molecule has 1 aromatic heterocycles. The van der Waals surface area contributed by atoms with E-state index in [-0.39, 0.29) is 12.0 Å². The first-order chi connectivity index (χ1) is 13.0. The van der Waals surface area contributed by atoms with Crippen LogP contribution in [0.15, 0.2) is 57.8 Å². The van der Waals surface area contributed by atoms with Crippen molar-refractivity contribution in [3.63, 3.8) is 0 Å². The van der Waals surface area contributed by atoms with E-state index in [0.29, 0.717) is 28.9 Å². The summed E-state index contributed by atoms with van der Waals surface area (Å²) < 4.78 is 11.3. The van der Waals surface area contributed by atoms with Crippen molar-refractivity contribution in [3.05, 3.63) is 81.2 Å². The van der Waals surface area contributed by atoms with Crippen LogP contribution in [0.2, 0.25) is 0 Å². The summed E-state index contributed by atoms with van der Waals surface area (Å²) in [5.74, 6) is -0.513. The van der Waals surface area contributed by atoms with Crippen molar-refractivity contribution in [3.8, 4) is 5.75 Å². The molecule has 3 rings (SSSR count). The molecule has 3 aromatic rings. The third-order valence-electron chi connectivity index (χ3n) is 4.26. The first-order valence-electron chi connectivity index (χ1n) is 8.59. The van der Waals surface area contributed by atoms with E-state index in [4.69, 9.17) is 14.3 Å². The van der Waals surface area contributed by atoms with Crippen LogP contribution in [-0.2, 0) is 11.2 Å². The molecule has 0 saturated heterocycles. The molecule has 0 aliphatic heterocycles. The molecule has 0 atom stereocenters. The first kappa shape index (κ1) is 18.5. The Morgan fingerprint density at radius 2 is 1.93 bits per heavy atom. The van der Waals surface area contributed by atoms with Gasteiger partial charge in [0.15, 0.2) is 0 Å². The average molecular weight is 364 g/mol. The molecule has 0 amide bonds. The molecule has 0 unspecified atom stereocenters. The maximum atomic E-state index is 12.1. The molecule has 0 fully saturated rings. The molecule has 0 aliphatic rings. The molecule has 1 heterocycles. The number of hydrogen-bond donors (Lipinski definition) is 1. The van der Waals surface area contributed by atoms with E-state index in [1.165, 1.54) is 0 Å².